The van der Waals surface area contributed by atoms with Crippen molar-refractivity contribution in [2.75, 3.05) is 26.3 Å². The van der Waals surface area contributed by atoms with E-state index in [-0.39, 0.29) is 17.9 Å². The van der Waals surface area contributed by atoms with E-state index in [1.54, 1.807) is 0 Å². The summed E-state index contributed by atoms with van der Waals surface area (Å²) in [6, 6.07) is -0.102. The van der Waals surface area contributed by atoms with E-state index in [0.29, 0.717) is 19.1 Å². The molecule has 3 unspecified atom stereocenters. The molecule has 0 aromatic carbocycles. The van der Waals surface area contributed by atoms with Crippen LogP contribution in [-0.4, -0.2) is 43.2 Å². The first-order valence-corrected chi connectivity index (χ1v) is 5.80. The molecule has 2 heterocycles. The summed E-state index contributed by atoms with van der Waals surface area (Å²) in [5.74, 6) is 0.725. The first-order valence-electron chi connectivity index (χ1n) is 5.80. The average molecular weight is 212 g/mol. The lowest BCUT2D eigenvalue weighted by molar-refractivity contribution is -0.137. The molecule has 0 aromatic rings. The van der Waals surface area contributed by atoms with Crippen LogP contribution in [0.5, 0.6) is 0 Å². The molecule has 3 atom stereocenters. The lowest BCUT2D eigenvalue weighted by Crippen LogP contribution is -2.47. The lowest BCUT2D eigenvalue weighted by Gasteiger charge is -2.33. The monoisotopic (exact) mass is 212 g/mol. The Bertz CT molecular complexity index is 245. The number of nitrogens with two attached hydrogens (primary N) is 1. The standard InChI is InChI=1S/C11H20N2O2/c1-8-3-2-4-13(5-8)11(14)9-6-15-7-10(9)12/h8-10H,2-7,12H2,1H3. The highest BCUT2D eigenvalue weighted by Crippen LogP contribution is 2.20. The molecule has 2 saturated heterocycles. The van der Waals surface area contributed by atoms with E-state index in [1.165, 1.54) is 6.42 Å². The van der Waals surface area contributed by atoms with Gasteiger partial charge in [-0.1, -0.05) is 6.92 Å². The molecule has 15 heavy (non-hydrogen) atoms. The van der Waals surface area contributed by atoms with E-state index in [4.69, 9.17) is 10.5 Å². The van der Waals surface area contributed by atoms with Gasteiger partial charge in [-0.2, -0.15) is 0 Å². The van der Waals surface area contributed by atoms with Crippen molar-refractivity contribution in [1.29, 1.82) is 0 Å². The normalized spacial score (nSPS) is 36.9. The number of carbonyl (C=O) groups is 1. The zero-order chi connectivity index (χ0) is 10.8. The fraction of sp³-hybridized carbons (Fsp3) is 0.909. The molecule has 2 N–H and O–H groups in total. The Balaban J connectivity index is 1.94. The van der Waals surface area contributed by atoms with E-state index in [1.807, 2.05) is 4.90 Å². The van der Waals surface area contributed by atoms with Crippen molar-refractivity contribution in [2.24, 2.45) is 17.6 Å². The molecule has 2 rings (SSSR count). The minimum Gasteiger partial charge on any atom is -0.379 e. The highest BCUT2D eigenvalue weighted by molar-refractivity contribution is 5.80. The van der Waals surface area contributed by atoms with E-state index in [9.17, 15) is 4.79 Å². The van der Waals surface area contributed by atoms with Crippen molar-refractivity contribution in [2.45, 2.75) is 25.8 Å². The second-order valence-corrected chi connectivity index (χ2v) is 4.84. The third-order valence-electron chi connectivity index (χ3n) is 3.41. The van der Waals surface area contributed by atoms with E-state index < -0.39 is 0 Å². The van der Waals surface area contributed by atoms with Crippen molar-refractivity contribution in [3.05, 3.63) is 0 Å². The summed E-state index contributed by atoms with van der Waals surface area (Å²) in [5, 5.41) is 0. The van der Waals surface area contributed by atoms with Gasteiger partial charge in [0, 0.05) is 19.1 Å². The number of hydrogen-bond acceptors (Lipinski definition) is 3. The first-order chi connectivity index (χ1) is 7.18. The minimum atomic E-state index is -0.102. The maximum absolute atomic E-state index is 12.1. The van der Waals surface area contributed by atoms with Crippen LogP contribution in [0.3, 0.4) is 0 Å². The van der Waals surface area contributed by atoms with Crippen LogP contribution in [0.2, 0.25) is 0 Å². The minimum absolute atomic E-state index is 0.102. The molecule has 0 radical (unpaired) electrons. The number of hydrogen-bond donors (Lipinski definition) is 1. The van der Waals surface area contributed by atoms with Crippen LogP contribution in [-0.2, 0) is 9.53 Å². The number of amides is 1. The molecule has 4 nitrogen and oxygen atoms in total. The van der Waals surface area contributed by atoms with E-state index in [2.05, 4.69) is 6.92 Å². The smallest absolute Gasteiger partial charge is 0.229 e. The maximum atomic E-state index is 12.1. The van der Waals surface area contributed by atoms with Crippen LogP contribution in [0, 0.1) is 11.8 Å². The van der Waals surface area contributed by atoms with Gasteiger partial charge in [-0.25, -0.2) is 0 Å². The summed E-state index contributed by atoms with van der Waals surface area (Å²) in [4.78, 5) is 14.1. The number of nitrogens with zero attached hydrogens (tertiary/aromatic N) is 1. The SMILES string of the molecule is CC1CCCN(C(=O)C2COCC2N)C1. The molecule has 2 aliphatic rings. The van der Waals surface area contributed by atoms with Crippen molar-refractivity contribution >= 4 is 5.91 Å². The quantitative estimate of drug-likeness (QED) is 0.676. The Morgan fingerprint density at radius 2 is 2.27 bits per heavy atom. The van der Waals surface area contributed by atoms with Crippen LogP contribution >= 0.6 is 0 Å². The Kier molecular flexibility index (Phi) is 3.26. The second-order valence-electron chi connectivity index (χ2n) is 4.84. The van der Waals surface area contributed by atoms with Crippen LogP contribution in [0.15, 0.2) is 0 Å². The molecule has 2 aliphatic heterocycles. The van der Waals surface area contributed by atoms with Gasteiger partial charge in [-0.05, 0) is 18.8 Å². The fourth-order valence-corrected chi connectivity index (χ4v) is 2.45. The molecule has 0 saturated carbocycles. The third kappa shape index (κ3) is 2.32. The van der Waals surface area contributed by atoms with Gasteiger partial charge in [0.25, 0.3) is 0 Å². The molecule has 4 heteroatoms. The topological polar surface area (TPSA) is 55.6 Å². The van der Waals surface area contributed by atoms with Gasteiger partial charge >= 0.3 is 0 Å². The molecule has 2 fully saturated rings. The Morgan fingerprint density at radius 1 is 1.47 bits per heavy atom. The highest BCUT2D eigenvalue weighted by atomic mass is 16.5. The zero-order valence-electron chi connectivity index (χ0n) is 9.32. The van der Waals surface area contributed by atoms with Gasteiger partial charge in [-0.15, -0.1) is 0 Å². The maximum Gasteiger partial charge on any atom is 0.229 e. The number of rotatable bonds is 1. The highest BCUT2D eigenvalue weighted by Gasteiger charge is 2.35. The van der Waals surface area contributed by atoms with E-state index in [0.717, 1.165) is 19.5 Å². The van der Waals surface area contributed by atoms with Crippen LogP contribution < -0.4 is 5.73 Å². The predicted octanol–water partition coefficient (Wildman–Crippen LogP) is 0.219. The van der Waals surface area contributed by atoms with Gasteiger partial charge in [0.05, 0.1) is 19.1 Å². The van der Waals surface area contributed by atoms with Crippen molar-refractivity contribution in [3.63, 3.8) is 0 Å². The average Bonchev–Trinajstić information content (AvgIpc) is 2.63. The van der Waals surface area contributed by atoms with Crippen molar-refractivity contribution in [3.8, 4) is 0 Å². The molecular formula is C11H20N2O2. The van der Waals surface area contributed by atoms with Gasteiger partial charge < -0.3 is 15.4 Å². The van der Waals surface area contributed by atoms with Gasteiger partial charge in [0.15, 0.2) is 0 Å². The lowest BCUT2D eigenvalue weighted by atomic mass is 9.97. The fourth-order valence-electron chi connectivity index (χ4n) is 2.45. The van der Waals surface area contributed by atoms with E-state index >= 15 is 0 Å². The van der Waals surface area contributed by atoms with Crippen LogP contribution in [0.1, 0.15) is 19.8 Å². The van der Waals surface area contributed by atoms with Gasteiger partial charge in [0.1, 0.15) is 0 Å². The summed E-state index contributed by atoms with van der Waals surface area (Å²) < 4.78 is 5.24. The molecule has 0 spiro atoms. The summed E-state index contributed by atoms with van der Waals surface area (Å²) in [6.45, 7) is 5.02. The number of likely N-dealkylation sites (tertiary alicyclic amines) is 1. The Labute approximate surface area is 90.8 Å². The van der Waals surface area contributed by atoms with Gasteiger partial charge in [0.2, 0.25) is 5.91 Å². The third-order valence-corrected chi connectivity index (χ3v) is 3.41. The predicted molar refractivity (Wildman–Crippen MR) is 57.3 cm³/mol. The van der Waals surface area contributed by atoms with Gasteiger partial charge in [-0.3, -0.25) is 4.79 Å². The largest absolute Gasteiger partial charge is 0.379 e. The molecular weight excluding hydrogens is 192 g/mol. The van der Waals surface area contributed by atoms with Crippen LogP contribution in [0.25, 0.3) is 0 Å². The molecule has 0 aromatic heterocycles. The molecule has 1 amide bonds. The number of ether oxygens (including phenoxy) is 1. The summed E-state index contributed by atoms with van der Waals surface area (Å²) in [7, 11) is 0. The first kappa shape index (κ1) is 10.9. The van der Waals surface area contributed by atoms with Crippen LogP contribution in [0.4, 0.5) is 0 Å². The second kappa shape index (κ2) is 4.49. The molecule has 0 aliphatic carbocycles. The Hall–Kier alpha value is -0.610. The summed E-state index contributed by atoms with van der Waals surface area (Å²) in [6.07, 6.45) is 2.35. The zero-order valence-corrected chi connectivity index (χ0v) is 9.32. The Morgan fingerprint density at radius 3 is 2.87 bits per heavy atom. The molecule has 86 valence electrons. The van der Waals surface area contributed by atoms with Crippen molar-refractivity contribution in [1.82, 2.24) is 4.90 Å². The summed E-state index contributed by atoms with van der Waals surface area (Å²) in [5.41, 5.74) is 5.85. The molecule has 0 bridgehead atoms. The summed E-state index contributed by atoms with van der Waals surface area (Å²) >= 11 is 0. The number of piperidine rings is 1. The van der Waals surface area contributed by atoms with Crippen molar-refractivity contribution < 1.29 is 9.53 Å². The number of carbonyl (C=O) groups excluding carboxylic acids is 1.